The van der Waals surface area contributed by atoms with E-state index in [-0.39, 0.29) is 196 Å². The summed E-state index contributed by atoms with van der Waals surface area (Å²) in [6.45, 7) is 24.0. The van der Waals surface area contributed by atoms with Gasteiger partial charge in [-0.25, -0.2) is 44.5 Å². The van der Waals surface area contributed by atoms with Crippen molar-refractivity contribution in [3.05, 3.63) is 510 Å². The van der Waals surface area contributed by atoms with Crippen LogP contribution in [0.2, 0.25) is 0 Å². The summed E-state index contributed by atoms with van der Waals surface area (Å²) in [6, 6.07) is 192. The number of benzene rings is 24. The Labute approximate surface area is 971 Å². The van der Waals surface area contributed by atoms with Crippen molar-refractivity contribution in [2.75, 3.05) is 0 Å². The van der Waals surface area contributed by atoms with Crippen LogP contribution in [-0.2, 0) is 196 Å². The maximum absolute atomic E-state index is 3.50. The van der Waals surface area contributed by atoms with Crippen LogP contribution in [0.1, 0.15) is 83.1 Å². The van der Waals surface area contributed by atoms with Gasteiger partial charge in [-0.1, -0.05) is 347 Å². The Bertz CT molecular complexity index is 6970. The fourth-order valence-corrected chi connectivity index (χ4v) is 15.7. The van der Waals surface area contributed by atoms with Crippen LogP contribution in [-0.4, -0.2) is 0 Å². The first-order chi connectivity index (χ1) is 65.5. The van der Waals surface area contributed by atoms with E-state index in [1.165, 1.54) is 108 Å². The van der Waals surface area contributed by atoms with Gasteiger partial charge in [0, 0.05) is 196 Å². The SMILES string of the molecule is CC.CC.CC.CC.CC.CC.[Y].[Y].[Y].[Y].[Y].[Y].[c-]1c(-c2[c-]c3ccccc3cc2)ccc2ccccc12.[c-]1cc2ccccc2cc1-c1[c-]c2ccccc2cc1.[c-]1cc2ccccc2cc1-c1[c-]cc2ccccc2c1.[c-]1cc2ccccc2cc1-c1[c-]ccc2ccccc12.[c-]1ccc2ccccc2c1-c1[c-]c2ccccc2cc1.[c-]1ccc2ccccc2c1-c1[c-]ccc2ccccc12. The van der Waals surface area contributed by atoms with Crippen molar-refractivity contribution in [2.45, 2.75) is 83.1 Å². The maximum Gasteiger partial charge on any atom is 0 e. The average Bonchev–Trinajstić information content (AvgIpc) is 0.779. The molecule has 0 N–H and O–H groups in total. The van der Waals surface area contributed by atoms with Gasteiger partial charge in [-0.15, -0.1) is 229 Å². The molecule has 0 spiro atoms. The Morgan fingerprint density at radius 3 is 0.594 bits per heavy atom. The third-order valence-electron chi connectivity index (χ3n) is 21.9. The molecule has 0 saturated heterocycles. The third-order valence-corrected chi connectivity index (χ3v) is 21.9. The van der Waals surface area contributed by atoms with Gasteiger partial charge in [-0.2, -0.15) is 168 Å². The van der Waals surface area contributed by atoms with Gasteiger partial charge < -0.3 is 0 Å². The molecule has 6 heteroatoms. The van der Waals surface area contributed by atoms with Gasteiger partial charge in [-0.05, 0) is 0 Å². The summed E-state index contributed by atoms with van der Waals surface area (Å²) in [5.41, 5.74) is 13.2. The van der Waals surface area contributed by atoms with Crippen LogP contribution in [0.3, 0.4) is 0 Å². The zero-order valence-electron chi connectivity index (χ0n) is 81.0. The van der Waals surface area contributed by atoms with Crippen molar-refractivity contribution in [3.63, 3.8) is 0 Å². The number of rotatable bonds is 6. The molecule has 0 bridgehead atoms. The van der Waals surface area contributed by atoms with Crippen molar-refractivity contribution in [1.82, 2.24) is 0 Å². The minimum Gasteiger partial charge on any atom is -0.226 e. The predicted octanol–water partition coefficient (Wildman–Crippen LogP) is 37.7. The Kier molecular flexibility index (Phi) is 51.8. The quantitative estimate of drug-likeness (QED) is 0.146. The summed E-state index contributed by atoms with van der Waals surface area (Å²) in [7, 11) is 0. The van der Waals surface area contributed by atoms with Crippen molar-refractivity contribution >= 4 is 129 Å². The number of fused-ring (bicyclic) bond motifs is 12. The van der Waals surface area contributed by atoms with Gasteiger partial charge in [-0.3, -0.25) is 0 Å². The molecule has 0 heterocycles. The van der Waals surface area contributed by atoms with E-state index in [0.29, 0.717) is 0 Å². The first-order valence-corrected chi connectivity index (χ1v) is 46.3. The maximum atomic E-state index is 3.50. The molecule has 0 atom stereocenters. The molecular weight excluding hydrogens is 2120 g/mol. The van der Waals surface area contributed by atoms with Gasteiger partial charge in [0.05, 0.1) is 0 Å². The molecule has 6 radical (unpaired) electrons. The topological polar surface area (TPSA) is 0 Å². The second-order valence-electron chi connectivity index (χ2n) is 29.5. The van der Waals surface area contributed by atoms with Gasteiger partial charge >= 0.3 is 0 Å². The van der Waals surface area contributed by atoms with Crippen LogP contribution >= 0.6 is 0 Å². The van der Waals surface area contributed by atoms with E-state index >= 15 is 0 Å². The first kappa shape index (κ1) is 116. The normalized spacial score (nSPS) is 9.83. The number of hydrogen-bond acceptors (Lipinski definition) is 0. The second kappa shape index (κ2) is 61.7. The van der Waals surface area contributed by atoms with E-state index in [1.54, 1.807) is 0 Å². The zero-order valence-corrected chi connectivity index (χ0v) is 98.1. The molecule has 24 aromatic carbocycles. The van der Waals surface area contributed by atoms with Gasteiger partial charge in [0.15, 0.2) is 0 Å². The molecule has 666 valence electrons. The standard InChI is InChI=1S/6C20H12.6C2H6.6Y/c1-3-11-17-15(7-1)9-5-13-19(17)20-14-6-10-16-8-2-4-12-18(16)20;3*1-3-7-17-13-19(11-9-15(17)5-1)20-12-10-16-6-2-4-8-18(16)14-20;2*1-2-8-17-14-18(13-12-15(17)6-1)20-11-5-9-16-7-3-4-10-19(16)20;6*1-2;;;;;;/h1-12H;1-10,13-14H;1-11,14H;1-12H;1-10,12,14H;1-10,12-13H;6*1-2H3;;;;;;/q6*-2;;;;;;;;;;;;. The van der Waals surface area contributed by atoms with Crippen molar-refractivity contribution in [1.29, 1.82) is 0 Å². The average molecular weight is 2230 g/mol. The van der Waals surface area contributed by atoms with E-state index in [2.05, 4.69) is 449 Å². The molecule has 24 rings (SSSR count). The second-order valence-corrected chi connectivity index (χ2v) is 29.5. The molecule has 0 saturated carbocycles. The number of hydrogen-bond donors (Lipinski definition) is 0. The van der Waals surface area contributed by atoms with Crippen LogP contribution in [0.5, 0.6) is 0 Å². The van der Waals surface area contributed by atoms with E-state index in [0.717, 1.165) is 88.3 Å². The Hall–Kier alpha value is -8.98. The van der Waals surface area contributed by atoms with Crippen LogP contribution in [0.15, 0.2) is 437 Å². The monoisotopic (exact) mass is 2230 g/mol. The molecule has 0 unspecified atom stereocenters. The summed E-state index contributed by atoms with van der Waals surface area (Å²) in [5, 5.41) is 29.1. The van der Waals surface area contributed by atoms with Crippen molar-refractivity contribution < 1.29 is 196 Å². The molecule has 138 heavy (non-hydrogen) atoms. The van der Waals surface area contributed by atoms with Crippen LogP contribution in [0, 0.1) is 72.8 Å². The summed E-state index contributed by atoms with van der Waals surface area (Å²) in [5.74, 6) is 0. The van der Waals surface area contributed by atoms with Gasteiger partial charge in [0.2, 0.25) is 0 Å². The van der Waals surface area contributed by atoms with Crippen molar-refractivity contribution in [2.24, 2.45) is 0 Å². The molecule has 0 amide bonds. The van der Waals surface area contributed by atoms with Gasteiger partial charge in [0.25, 0.3) is 0 Å². The molecule has 0 aromatic heterocycles. The molecule has 0 aliphatic rings. The first-order valence-electron chi connectivity index (χ1n) is 46.3. The summed E-state index contributed by atoms with van der Waals surface area (Å²) in [4.78, 5) is 0. The molecule has 24 aromatic rings. The minimum atomic E-state index is 0. The van der Waals surface area contributed by atoms with Crippen molar-refractivity contribution in [3.8, 4) is 66.8 Å². The van der Waals surface area contributed by atoms with Gasteiger partial charge in [0.1, 0.15) is 0 Å². The smallest absolute Gasteiger partial charge is 0 e. The zero-order chi connectivity index (χ0) is 92.2. The van der Waals surface area contributed by atoms with E-state index in [9.17, 15) is 0 Å². The summed E-state index contributed by atoms with van der Waals surface area (Å²) in [6.07, 6.45) is 0. The fourth-order valence-electron chi connectivity index (χ4n) is 15.7. The molecule has 0 aliphatic heterocycles. The van der Waals surface area contributed by atoms with Crippen LogP contribution in [0.25, 0.3) is 196 Å². The molecule has 0 nitrogen and oxygen atoms in total. The fraction of sp³-hybridized carbons (Fsp3) is 0.0909. The summed E-state index contributed by atoms with van der Waals surface area (Å²) < 4.78 is 0. The Morgan fingerprint density at radius 2 is 0.312 bits per heavy atom. The molecule has 0 aliphatic carbocycles. The minimum absolute atomic E-state index is 0. The summed E-state index contributed by atoms with van der Waals surface area (Å²) >= 11 is 0. The predicted molar refractivity (Wildman–Crippen MR) is 575 cm³/mol. The largest absolute Gasteiger partial charge is 0.226 e. The Morgan fingerprint density at radius 1 is 0.130 bits per heavy atom. The molecular formula is C132H108Y6-12. The van der Waals surface area contributed by atoms with E-state index in [4.69, 9.17) is 0 Å². The molecule has 0 fully saturated rings. The van der Waals surface area contributed by atoms with Crippen LogP contribution in [0.4, 0.5) is 0 Å². The van der Waals surface area contributed by atoms with E-state index in [1.807, 2.05) is 144 Å². The Balaban J connectivity index is 0.000000218. The van der Waals surface area contributed by atoms with Crippen LogP contribution < -0.4 is 0 Å². The van der Waals surface area contributed by atoms with E-state index < -0.39 is 0 Å². The third kappa shape index (κ3) is 30.1.